The van der Waals surface area contributed by atoms with Gasteiger partial charge in [-0.05, 0) is 25.5 Å². The van der Waals surface area contributed by atoms with Crippen LogP contribution in [0.25, 0.3) is 0 Å². The molecule has 0 N–H and O–H groups in total. The van der Waals surface area contributed by atoms with Crippen LogP contribution in [0.2, 0.25) is 0 Å². The summed E-state index contributed by atoms with van der Waals surface area (Å²) < 4.78 is 7.15. The summed E-state index contributed by atoms with van der Waals surface area (Å²) >= 11 is 0. The first-order chi connectivity index (χ1) is 11.1. The number of hydrogen-bond acceptors (Lipinski definition) is 4. The second-order valence-corrected chi connectivity index (χ2v) is 5.67. The monoisotopic (exact) mass is 313 g/mol. The summed E-state index contributed by atoms with van der Waals surface area (Å²) in [5.74, 6) is 0.569. The van der Waals surface area contributed by atoms with Gasteiger partial charge in [-0.3, -0.25) is 9.59 Å². The number of benzene rings is 1. The number of nitrogens with zero attached hydrogens (tertiary/aromatic N) is 3. The lowest BCUT2D eigenvalue weighted by Crippen LogP contribution is -2.45. The molecule has 0 radical (unpaired) electrons. The molecular formula is C17H19N3O3. The molecule has 0 fully saturated rings. The van der Waals surface area contributed by atoms with Crippen molar-refractivity contribution >= 4 is 5.91 Å². The number of hydrogen-bond donors (Lipinski definition) is 0. The van der Waals surface area contributed by atoms with E-state index >= 15 is 0 Å². The van der Waals surface area contributed by atoms with E-state index in [2.05, 4.69) is 4.98 Å². The van der Waals surface area contributed by atoms with Gasteiger partial charge in [-0.25, -0.2) is 4.98 Å². The van der Waals surface area contributed by atoms with Crippen LogP contribution in [0.4, 0.5) is 0 Å². The van der Waals surface area contributed by atoms with Crippen molar-refractivity contribution in [1.29, 1.82) is 0 Å². The third-order valence-corrected chi connectivity index (χ3v) is 4.00. The highest BCUT2D eigenvalue weighted by molar-refractivity contribution is 5.81. The van der Waals surface area contributed by atoms with E-state index in [4.69, 9.17) is 4.74 Å². The Labute approximate surface area is 134 Å². The number of carbonyl (C=O) groups excluding carboxylic acids is 1. The number of amides is 1. The molecule has 3 rings (SSSR count). The second kappa shape index (κ2) is 6.24. The van der Waals surface area contributed by atoms with Crippen molar-refractivity contribution < 1.29 is 9.53 Å². The minimum absolute atomic E-state index is 0.0318. The van der Waals surface area contributed by atoms with Crippen LogP contribution in [0.5, 0.6) is 5.75 Å². The first-order valence-corrected chi connectivity index (χ1v) is 7.60. The molecule has 2 heterocycles. The van der Waals surface area contributed by atoms with E-state index in [0.717, 1.165) is 0 Å². The fourth-order valence-electron chi connectivity index (χ4n) is 2.72. The first-order valence-electron chi connectivity index (χ1n) is 7.60. The molecule has 0 saturated carbocycles. The van der Waals surface area contributed by atoms with Crippen LogP contribution in [-0.4, -0.2) is 33.0 Å². The maximum absolute atomic E-state index is 12.6. The summed E-state index contributed by atoms with van der Waals surface area (Å²) in [6.07, 6.45) is 1.45. The maximum Gasteiger partial charge on any atom is 0.263 e. The molecule has 1 aliphatic rings. The lowest BCUT2D eigenvalue weighted by molar-refractivity contribution is -0.139. The van der Waals surface area contributed by atoms with Crippen molar-refractivity contribution in [2.45, 2.75) is 26.0 Å². The van der Waals surface area contributed by atoms with E-state index in [1.165, 1.54) is 10.9 Å². The predicted octanol–water partition coefficient (Wildman–Crippen LogP) is 1.13. The van der Waals surface area contributed by atoms with Crippen LogP contribution in [0.15, 0.2) is 41.5 Å². The van der Waals surface area contributed by atoms with Crippen LogP contribution in [0.3, 0.4) is 0 Å². The molecule has 1 atom stereocenters. The third-order valence-electron chi connectivity index (χ3n) is 4.00. The van der Waals surface area contributed by atoms with Crippen molar-refractivity contribution in [2.24, 2.45) is 7.05 Å². The Kier molecular flexibility index (Phi) is 4.14. The van der Waals surface area contributed by atoms with Gasteiger partial charge in [-0.2, -0.15) is 0 Å². The number of carbonyl (C=O) groups is 1. The molecule has 2 aromatic rings. The van der Waals surface area contributed by atoms with Crippen molar-refractivity contribution in [3.8, 4) is 5.75 Å². The molecule has 1 aliphatic heterocycles. The Bertz CT molecular complexity index is 770. The highest BCUT2D eigenvalue weighted by Gasteiger charge is 2.27. The van der Waals surface area contributed by atoms with E-state index < -0.39 is 6.10 Å². The van der Waals surface area contributed by atoms with Gasteiger partial charge in [0.2, 0.25) is 0 Å². The third kappa shape index (κ3) is 3.11. The Balaban J connectivity index is 1.72. The summed E-state index contributed by atoms with van der Waals surface area (Å²) in [6, 6.07) is 9.26. The van der Waals surface area contributed by atoms with Gasteiger partial charge in [0.1, 0.15) is 5.75 Å². The molecule has 120 valence electrons. The lowest BCUT2D eigenvalue weighted by atomic mass is 10.1. The van der Waals surface area contributed by atoms with Crippen molar-refractivity contribution in [2.75, 3.05) is 6.54 Å². The summed E-state index contributed by atoms with van der Waals surface area (Å²) in [4.78, 5) is 30.6. The van der Waals surface area contributed by atoms with Gasteiger partial charge >= 0.3 is 0 Å². The molecule has 23 heavy (non-hydrogen) atoms. The molecule has 0 bridgehead atoms. The molecule has 1 amide bonds. The molecule has 6 heteroatoms. The van der Waals surface area contributed by atoms with Gasteiger partial charge in [0.25, 0.3) is 11.5 Å². The summed E-state index contributed by atoms with van der Waals surface area (Å²) in [5, 5.41) is 0. The zero-order valence-corrected chi connectivity index (χ0v) is 13.2. The van der Waals surface area contributed by atoms with Gasteiger partial charge < -0.3 is 14.2 Å². The predicted molar refractivity (Wildman–Crippen MR) is 85.1 cm³/mol. The van der Waals surface area contributed by atoms with Crippen LogP contribution in [0, 0.1) is 0 Å². The number of aryl methyl sites for hydroxylation is 1. The first kappa shape index (κ1) is 15.3. The molecule has 0 unspecified atom stereocenters. The summed E-state index contributed by atoms with van der Waals surface area (Å²) in [6.45, 7) is 2.60. The lowest BCUT2D eigenvalue weighted by Gasteiger charge is -2.30. The van der Waals surface area contributed by atoms with Crippen LogP contribution < -0.4 is 10.3 Å². The van der Waals surface area contributed by atoms with E-state index in [0.29, 0.717) is 36.5 Å². The summed E-state index contributed by atoms with van der Waals surface area (Å²) in [5.41, 5.74) is 1.35. The Hall–Kier alpha value is -2.63. The minimum atomic E-state index is -0.578. The van der Waals surface area contributed by atoms with Gasteiger partial charge in [-0.1, -0.05) is 18.2 Å². The molecule has 1 aromatic carbocycles. The van der Waals surface area contributed by atoms with Crippen molar-refractivity contribution in [1.82, 2.24) is 14.5 Å². The van der Waals surface area contributed by atoms with Gasteiger partial charge in [-0.15, -0.1) is 0 Å². The topological polar surface area (TPSA) is 64.4 Å². The number of aromatic nitrogens is 2. The number of ether oxygens (including phenoxy) is 1. The average molecular weight is 313 g/mol. The van der Waals surface area contributed by atoms with E-state index in [-0.39, 0.29) is 11.5 Å². The Morgan fingerprint density at radius 1 is 1.30 bits per heavy atom. The SMILES string of the molecule is C[C@@H](Oc1ccccc1)C(=O)N1CCc2c(ncn(C)c2=O)C1. The van der Waals surface area contributed by atoms with Crippen LogP contribution in [-0.2, 0) is 24.8 Å². The number of rotatable bonds is 3. The minimum Gasteiger partial charge on any atom is -0.481 e. The highest BCUT2D eigenvalue weighted by atomic mass is 16.5. The Morgan fingerprint density at radius 2 is 2.04 bits per heavy atom. The quantitative estimate of drug-likeness (QED) is 0.852. The maximum atomic E-state index is 12.6. The zero-order valence-electron chi connectivity index (χ0n) is 13.2. The van der Waals surface area contributed by atoms with Gasteiger partial charge in [0.05, 0.1) is 18.6 Å². The number of para-hydroxylation sites is 1. The van der Waals surface area contributed by atoms with Crippen molar-refractivity contribution in [3.05, 3.63) is 58.3 Å². The standard InChI is InChI=1S/C17H19N3O3/c1-12(23-13-6-4-3-5-7-13)16(21)20-9-8-14-15(10-20)18-11-19(2)17(14)22/h3-7,11-12H,8-10H2,1-2H3/t12-/m1/s1. The molecule has 6 nitrogen and oxygen atoms in total. The fraction of sp³-hybridized carbons (Fsp3) is 0.353. The molecule has 0 aliphatic carbocycles. The van der Waals surface area contributed by atoms with E-state index in [1.807, 2.05) is 30.3 Å². The highest BCUT2D eigenvalue weighted by Crippen LogP contribution is 2.17. The van der Waals surface area contributed by atoms with E-state index in [9.17, 15) is 9.59 Å². The smallest absolute Gasteiger partial charge is 0.263 e. The average Bonchev–Trinajstić information content (AvgIpc) is 2.58. The van der Waals surface area contributed by atoms with Gasteiger partial charge in [0.15, 0.2) is 6.10 Å². The fourth-order valence-corrected chi connectivity index (χ4v) is 2.72. The van der Waals surface area contributed by atoms with Crippen molar-refractivity contribution in [3.63, 3.8) is 0 Å². The van der Waals surface area contributed by atoms with E-state index in [1.54, 1.807) is 18.9 Å². The largest absolute Gasteiger partial charge is 0.481 e. The molecule has 0 saturated heterocycles. The molecule has 1 aromatic heterocycles. The second-order valence-electron chi connectivity index (χ2n) is 5.67. The summed E-state index contributed by atoms with van der Waals surface area (Å²) in [7, 11) is 1.68. The Morgan fingerprint density at radius 3 is 2.78 bits per heavy atom. The molecule has 0 spiro atoms. The normalized spacial score (nSPS) is 15.0. The molecular weight excluding hydrogens is 294 g/mol. The zero-order chi connectivity index (χ0) is 16.4. The van der Waals surface area contributed by atoms with Crippen LogP contribution >= 0.6 is 0 Å². The van der Waals surface area contributed by atoms with Crippen LogP contribution in [0.1, 0.15) is 18.2 Å². The number of fused-ring (bicyclic) bond motifs is 1. The van der Waals surface area contributed by atoms with Gasteiger partial charge in [0, 0.05) is 19.2 Å².